The summed E-state index contributed by atoms with van der Waals surface area (Å²) in [5, 5.41) is 0.748. The van der Waals surface area contributed by atoms with Crippen LogP contribution in [0.1, 0.15) is 34.3 Å². The van der Waals surface area contributed by atoms with Gasteiger partial charge in [0.25, 0.3) is 5.91 Å². The highest BCUT2D eigenvalue weighted by molar-refractivity contribution is 5.98. The van der Waals surface area contributed by atoms with Crippen molar-refractivity contribution in [2.45, 2.75) is 19.3 Å². The Labute approximate surface area is 139 Å². The second-order valence-corrected chi connectivity index (χ2v) is 6.48. The van der Waals surface area contributed by atoms with Gasteiger partial charge in [0.15, 0.2) is 0 Å². The number of carbonyl (C=O) groups excluding carboxylic acids is 1. The normalized spacial score (nSPS) is 17.8. The average Bonchev–Trinajstić information content (AvgIpc) is 3.26. The molecule has 0 aliphatic carbocycles. The number of aromatic amines is 1. The van der Waals surface area contributed by atoms with Gasteiger partial charge in [-0.3, -0.25) is 4.79 Å². The molecule has 0 radical (unpaired) electrons. The van der Waals surface area contributed by atoms with Gasteiger partial charge in [-0.2, -0.15) is 0 Å². The standard InChI is InChI=1S/C18H19FN4O/c1-11-9-20-17(21-11)12-5-6-23(10-12)18(24)16-8-13-7-14(19)3-4-15(13)22(16)2/h3-4,7-9,12H,5-6,10H2,1-2H3,(H,20,21). The van der Waals surface area contributed by atoms with Crippen LogP contribution < -0.4 is 0 Å². The highest BCUT2D eigenvalue weighted by Gasteiger charge is 2.30. The molecular formula is C18H19FN4O. The molecule has 1 unspecified atom stereocenters. The second kappa shape index (κ2) is 5.47. The van der Waals surface area contributed by atoms with Crippen molar-refractivity contribution in [2.75, 3.05) is 13.1 Å². The fraction of sp³-hybridized carbons (Fsp3) is 0.333. The number of carbonyl (C=O) groups is 1. The van der Waals surface area contributed by atoms with Gasteiger partial charge in [-0.15, -0.1) is 0 Å². The number of hydrogen-bond donors (Lipinski definition) is 1. The first-order chi connectivity index (χ1) is 11.5. The van der Waals surface area contributed by atoms with Crippen LogP contribution in [0.5, 0.6) is 0 Å². The summed E-state index contributed by atoms with van der Waals surface area (Å²) in [7, 11) is 1.84. The van der Waals surface area contributed by atoms with Gasteiger partial charge in [0.05, 0.1) is 0 Å². The number of aromatic nitrogens is 3. The summed E-state index contributed by atoms with van der Waals surface area (Å²) in [6, 6.07) is 6.36. The zero-order valence-corrected chi connectivity index (χ0v) is 13.7. The van der Waals surface area contributed by atoms with Crippen LogP contribution in [0.15, 0.2) is 30.5 Å². The first-order valence-electron chi connectivity index (χ1n) is 8.08. The highest BCUT2D eigenvalue weighted by atomic mass is 19.1. The van der Waals surface area contributed by atoms with E-state index in [1.54, 1.807) is 12.1 Å². The third-order valence-electron chi connectivity index (χ3n) is 4.81. The summed E-state index contributed by atoms with van der Waals surface area (Å²) in [6.45, 7) is 3.34. The Kier molecular flexibility index (Phi) is 3.40. The van der Waals surface area contributed by atoms with E-state index >= 15 is 0 Å². The van der Waals surface area contributed by atoms with Crippen molar-refractivity contribution in [2.24, 2.45) is 7.05 Å². The summed E-state index contributed by atoms with van der Waals surface area (Å²) < 4.78 is 15.2. The quantitative estimate of drug-likeness (QED) is 0.787. The summed E-state index contributed by atoms with van der Waals surface area (Å²) in [4.78, 5) is 22.4. The summed E-state index contributed by atoms with van der Waals surface area (Å²) in [5.74, 6) is 0.887. The SMILES string of the molecule is Cc1cnc(C2CCN(C(=O)c3cc4cc(F)ccc4n3C)C2)[nH]1. The van der Waals surface area contributed by atoms with Gasteiger partial charge in [0.2, 0.25) is 0 Å². The molecule has 1 N–H and O–H groups in total. The van der Waals surface area contributed by atoms with Crippen LogP contribution in [0.25, 0.3) is 10.9 Å². The van der Waals surface area contributed by atoms with Gasteiger partial charge in [0.1, 0.15) is 17.3 Å². The summed E-state index contributed by atoms with van der Waals surface area (Å²) in [5.41, 5.74) is 2.48. The largest absolute Gasteiger partial charge is 0.346 e. The monoisotopic (exact) mass is 326 g/mol. The first kappa shape index (κ1) is 14.9. The maximum absolute atomic E-state index is 13.4. The van der Waals surface area contributed by atoms with Crippen molar-refractivity contribution in [3.05, 3.63) is 53.5 Å². The topological polar surface area (TPSA) is 53.9 Å². The van der Waals surface area contributed by atoms with Crippen molar-refractivity contribution in [1.29, 1.82) is 0 Å². The molecule has 1 aliphatic rings. The van der Waals surface area contributed by atoms with Crippen LogP contribution in [0, 0.1) is 12.7 Å². The van der Waals surface area contributed by atoms with Gasteiger partial charge >= 0.3 is 0 Å². The molecule has 0 spiro atoms. The number of nitrogens with zero attached hydrogens (tertiary/aromatic N) is 3. The van der Waals surface area contributed by atoms with Crippen LogP contribution in [-0.4, -0.2) is 38.4 Å². The number of aryl methyl sites for hydroxylation is 2. The van der Waals surface area contributed by atoms with Crippen LogP contribution in [0.4, 0.5) is 4.39 Å². The fourth-order valence-corrected chi connectivity index (χ4v) is 3.50. The van der Waals surface area contributed by atoms with Crippen LogP contribution >= 0.6 is 0 Å². The average molecular weight is 326 g/mol. The van der Waals surface area contributed by atoms with E-state index in [2.05, 4.69) is 9.97 Å². The number of rotatable bonds is 2. The van der Waals surface area contributed by atoms with E-state index in [1.807, 2.05) is 29.6 Å². The minimum atomic E-state index is -0.290. The Hall–Kier alpha value is -2.63. The van der Waals surface area contributed by atoms with Crippen LogP contribution in [0.3, 0.4) is 0 Å². The molecule has 1 fully saturated rings. The number of benzene rings is 1. The van der Waals surface area contributed by atoms with Crippen molar-refractivity contribution in [1.82, 2.24) is 19.4 Å². The lowest BCUT2D eigenvalue weighted by molar-refractivity contribution is 0.0781. The minimum Gasteiger partial charge on any atom is -0.346 e. The number of H-pyrrole nitrogens is 1. The zero-order valence-electron chi connectivity index (χ0n) is 13.7. The molecule has 124 valence electrons. The molecule has 0 bridgehead atoms. The van der Waals surface area contributed by atoms with Gasteiger partial charge < -0.3 is 14.5 Å². The molecule has 3 aromatic rings. The van der Waals surface area contributed by atoms with E-state index in [1.165, 1.54) is 12.1 Å². The molecule has 1 saturated heterocycles. The molecule has 4 rings (SSSR count). The molecule has 5 nitrogen and oxygen atoms in total. The number of halogens is 1. The molecule has 2 aromatic heterocycles. The summed E-state index contributed by atoms with van der Waals surface area (Å²) in [6.07, 6.45) is 2.72. The Bertz CT molecular complexity index is 926. The molecule has 1 atom stereocenters. The third kappa shape index (κ3) is 2.38. The third-order valence-corrected chi connectivity index (χ3v) is 4.81. The predicted octanol–water partition coefficient (Wildman–Crippen LogP) is 2.98. The number of hydrogen-bond acceptors (Lipinski definition) is 2. The van der Waals surface area contributed by atoms with Gasteiger partial charge in [-0.1, -0.05) is 0 Å². The fourth-order valence-electron chi connectivity index (χ4n) is 3.50. The number of likely N-dealkylation sites (tertiary alicyclic amines) is 1. The second-order valence-electron chi connectivity index (χ2n) is 6.48. The van der Waals surface area contributed by atoms with E-state index in [9.17, 15) is 9.18 Å². The van der Waals surface area contributed by atoms with Gasteiger partial charge in [-0.05, 0) is 37.6 Å². The number of nitrogens with one attached hydrogen (secondary N) is 1. The Morgan fingerprint density at radius 2 is 2.21 bits per heavy atom. The molecule has 1 amide bonds. The van der Waals surface area contributed by atoms with Crippen LogP contribution in [-0.2, 0) is 7.05 Å². The van der Waals surface area contributed by atoms with E-state index in [-0.39, 0.29) is 17.6 Å². The molecule has 3 heterocycles. The number of amides is 1. The smallest absolute Gasteiger partial charge is 0.270 e. The van der Waals surface area contributed by atoms with E-state index in [4.69, 9.17) is 0 Å². The van der Waals surface area contributed by atoms with Crippen LogP contribution in [0.2, 0.25) is 0 Å². The van der Waals surface area contributed by atoms with Crippen molar-refractivity contribution in [3.8, 4) is 0 Å². The maximum atomic E-state index is 13.4. The highest BCUT2D eigenvalue weighted by Crippen LogP contribution is 2.28. The molecule has 6 heteroatoms. The minimum absolute atomic E-state index is 0.0140. The molecule has 0 saturated carbocycles. The lowest BCUT2D eigenvalue weighted by atomic mass is 10.1. The van der Waals surface area contributed by atoms with Gasteiger partial charge in [-0.25, -0.2) is 9.37 Å². The van der Waals surface area contributed by atoms with E-state index in [0.29, 0.717) is 18.8 Å². The molecule has 1 aromatic carbocycles. The zero-order chi connectivity index (χ0) is 16.8. The Morgan fingerprint density at radius 1 is 1.38 bits per heavy atom. The van der Waals surface area contributed by atoms with Crippen molar-refractivity contribution < 1.29 is 9.18 Å². The Balaban J connectivity index is 1.59. The predicted molar refractivity (Wildman–Crippen MR) is 89.5 cm³/mol. The first-order valence-corrected chi connectivity index (χ1v) is 8.08. The van der Waals surface area contributed by atoms with Crippen molar-refractivity contribution >= 4 is 16.8 Å². The lowest BCUT2D eigenvalue weighted by Crippen LogP contribution is -2.30. The van der Waals surface area contributed by atoms with E-state index in [0.717, 1.165) is 28.8 Å². The molecular weight excluding hydrogens is 307 g/mol. The lowest BCUT2D eigenvalue weighted by Gasteiger charge is -2.16. The molecule has 24 heavy (non-hydrogen) atoms. The van der Waals surface area contributed by atoms with E-state index < -0.39 is 0 Å². The van der Waals surface area contributed by atoms with Crippen molar-refractivity contribution in [3.63, 3.8) is 0 Å². The number of imidazole rings is 1. The molecule has 1 aliphatic heterocycles. The number of fused-ring (bicyclic) bond motifs is 1. The maximum Gasteiger partial charge on any atom is 0.270 e. The Morgan fingerprint density at radius 3 is 2.96 bits per heavy atom. The van der Waals surface area contributed by atoms with Gasteiger partial charge in [0, 0.05) is 48.8 Å². The summed E-state index contributed by atoms with van der Waals surface area (Å²) >= 11 is 0.